The van der Waals surface area contributed by atoms with Crippen LogP contribution in [0.15, 0.2) is 140 Å². The average molecular weight is 671 g/mol. The summed E-state index contributed by atoms with van der Waals surface area (Å²) >= 11 is 0. The van der Waals surface area contributed by atoms with Crippen LogP contribution in [0.5, 0.6) is 5.75 Å². The molecule has 0 radical (unpaired) electrons. The Morgan fingerprint density at radius 3 is 1.86 bits per heavy atom. The standard InChI is InChI=1S/C42H46N4O4/c1-50-37-26-24-36(25-27-37)46(40(33-15-7-3-8-16-33)34-17-9-4-10-18-34)28-12-11-19-39(42(49)44-35-22-20-32(30-47)21-23-35)45-41(48)38(43)29-31-13-5-2-6-14-31/h2-10,13-18,20-27,38-40,47H,11-12,19,28-30,43H2,1H3,(H,44,49)(H,45,48). The normalized spacial score (nSPS) is 12.2. The molecule has 2 unspecified atom stereocenters. The van der Waals surface area contributed by atoms with E-state index in [9.17, 15) is 14.7 Å². The van der Waals surface area contributed by atoms with E-state index in [0.29, 0.717) is 31.5 Å². The highest BCUT2D eigenvalue weighted by Crippen LogP contribution is 2.34. The van der Waals surface area contributed by atoms with E-state index in [2.05, 4.69) is 76.2 Å². The lowest BCUT2D eigenvalue weighted by Gasteiger charge is -2.35. The van der Waals surface area contributed by atoms with Gasteiger partial charge in [-0.2, -0.15) is 0 Å². The summed E-state index contributed by atoms with van der Waals surface area (Å²) in [6.45, 7) is 0.606. The Kier molecular flexibility index (Phi) is 13.2. The Labute approximate surface area is 294 Å². The van der Waals surface area contributed by atoms with Crippen LogP contribution < -0.4 is 26.0 Å². The van der Waals surface area contributed by atoms with Crippen molar-refractivity contribution in [3.8, 4) is 5.75 Å². The zero-order chi connectivity index (χ0) is 35.1. The SMILES string of the molecule is COc1ccc(N(CCCCC(NC(=O)C(N)Cc2ccccc2)C(=O)Nc2ccc(CO)cc2)C(c2ccccc2)c2ccccc2)cc1. The summed E-state index contributed by atoms with van der Waals surface area (Å²) in [7, 11) is 1.66. The largest absolute Gasteiger partial charge is 0.497 e. The molecular formula is C42H46N4O4. The zero-order valence-corrected chi connectivity index (χ0v) is 28.5. The first-order valence-electron chi connectivity index (χ1n) is 17.1. The number of ether oxygens (including phenoxy) is 1. The highest BCUT2D eigenvalue weighted by atomic mass is 16.5. The Bertz CT molecular complexity index is 1710. The van der Waals surface area contributed by atoms with E-state index in [1.54, 1.807) is 31.4 Å². The molecule has 8 heteroatoms. The number of rotatable bonds is 17. The third kappa shape index (κ3) is 10.0. The van der Waals surface area contributed by atoms with Gasteiger partial charge in [-0.15, -0.1) is 0 Å². The first-order valence-corrected chi connectivity index (χ1v) is 17.1. The zero-order valence-electron chi connectivity index (χ0n) is 28.5. The molecule has 0 heterocycles. The number of nitrogens with zero attached hydrogens (tertiary/aromatic N) is 1. The molecule has 0 aliphatic carbocycles. The lowest BCUT2D eigenvalue weighted by molar-refractivity contribution is -0.127. The summed E-state index contributed by atoms with van der Waals surface area (Å²) in [4.78, 5) is 29.3. The topological polar surface area (TPSA) is 117 Å². The summed E-state index contributed by atoms with van der Waals surface area (Å²) in [5, 5.41) is 15.3. The molecule has 0 aliphatic rings. The Morgan fingerprint density at radius 1 is 0.720 bits per heavy atom. The number of unbranched alkanes of at least 4 members (excludes halogenated alkanes) is 1. The fourth-order valence-electron chi connectivity index (χ4n) is 6.07. The molecule has 0 bridgehead atoms. The first kappa shape index (κ1) is 35.9. The van der Waals surface area contributed by atoms with Crippen molar-refractivity contribution < 1.29 is 19.4 Å². The Morgan fingerprint density at radius 2 is 1.30 bits per heavy atom. The Hall–Kier alpha value is -5.44. The number of carbonyl (C=O) groups excluding carboxylic acids is 2. The van der Waals surface area contributed by atoms with E-state index < -0.39 is 12.1 Å². The number of anilines is 2. The highest BCUT2D eigenvalue weighted by molar-refractivity contribution is 5.97. The maximum atomic E-state index is 13.6. The number of aliphatic hydroxyl groups excluding tert-OH is 1. The lowest BCUT2D eigenvalue weighted by Crippen LogP contribution is -2.50. The van der Waals surface area contributed by atoms with Crippen LogP contribution >= 0.6 is 0 Å². The van der Waals surface area contributed by atoms with Crippen molar-refractivity contribution in [3.63, 3.8) is 0 Å². The molecular weight excluding hydrogens is 624 g/mol. The third-order valence-corrected chi connectivity index (χ3v) is 8.76. The molecule has 0 saturated carbocycles. The van der Waals surface area contributed by atoms with Crippen LogP contribution in [0, 0.1) is 0 Å². The fourth-order valence-corrected chi connectivity index (χ4v) is 6.07. The third-order valence-electron chi connectivity index (χ3n) is 8.76. The first-order chi connectivity index (χ1) is 24.4. The van der Waals surface area contributed by atoms with E-state index in [1.807, 2.05) is 54.6 Å². The Balaban J connectivity index is 1.34. The lowest BCUT2D eigenvalue weighted by atomic mass is 9.95. The monoisotopic (exact) mass is 670 g/mol. The molecule has 2 amide bonds. The van der Waals surface area contributed by atoms with Gasteiger partial charge in [-0.3, -0.25) is 9.59 Å². The maximum Gasteiger partial charge on any atom is 0.246 e. The number of carbonyl (C=O) groups is 2. The number of methoxy groups -OCH3 is 1. The van der Waals surface area contributed by atoms with E-state index in [4.69, 9.17) is 10.5 Å². The molecule has 5 rings (SSSR count). The van der Waals surface area contributed by atoms with Crippen LogP contribution in [0.4, 0.5) is 11.4 Å². The number of nitrogens with one attached hydrogen (secondary N) is 2. The maximum absolute atomic E-state index is 13.6. The minimum atomic E-state index is -0.806. The highest BCUT2D eigenvalue weighted by Gasteiger charge is 2.26. The predicted molar refractivity (Wildman–Crippen MR) is 200 cm³/mol. The van der Waals surface area contributed by atoms with Crippen molar-refractivity contribution in [2.24, 2.45) is 5.73 Å². The van der Waals surface area contributed by atoms with Gasteiger partial charge in [-0.25, -0.2) is 0 Å². The quantitative estimate of drug-likeness (QED) is 0.0824. The van der Waals surface area contributed by atoms with Crippen molar-refractivity contribution >= 4 is 23.2 Å². The average Bonchev–Trinajstić information content (AvgIpc) is 3.17. The van der Waals surface area contributed by atoms with Crippen molar-refractivity contribution in [2.75, 3.05) is 23.9 Å². The van der Waals surface area contributed by atoms with Gasteiger partial charge in [0.25, 0.3) is 0 Å². The van der Waals surface area contributed by atoms with Gasteiger partial charge in [0.15, 0.2) is 0 Å². The fraction of sp³-hybridized carbons (Fsp3) is 0.238. The summed E-state index contributed by atoms with van der Waals surface area (Å²) in [6, 6.07) is 43.9. The van der Waals surface area contributed by atoms with Gasteiger partial charge in [-0.1, -0.05) is 103 Å². The van der Waals surface area contributed by atoms with Crippen molar-refractivity contribution in [1.82, 2.24) is 5.32 Å². The minimum Gasteiger partial charge on any atom is -0.497 e. The van der Waals surface area contributed by atoms with Crippen LogP contribution in [0.1, 0.15) is 47.6 Å². The van der Waals surface area contributed by atoms with Gasteiger partial charge in [-0.05, 0) is 84.3 Å². The molecule has 0 aromatic heterocycles. The van der Waals surface area contributed by atoms with Gasteiger partial charge >= 0.3 is 0 Å². The van der Waals surface area contributed by atoms with Gasteiger partial charge in [0, 0.05) is 17.9 Å². The predicted octanol–water partition coefficient (Wildman–Crippen LogP) is 6.65. The van der Waals surface area contributed by atoms with Crippen molar-refractivity contribution in [2.45, 2.75) is 50.4 Å². The molecule has 2 atom stereocenters. The van der Waals surface area contributed by atoms with Gasteiger partial charge in [0.1, 0.15) is 11.8 Å². The van der Waals surface area contributed by atoms with E-state index in [-0.39, 0.29) is 24.5 Å². The molecule has 5 aromatic rings. The van der Waals surface area contributed by atoms with Crippen molar-refractivity contribution in [1.29, 1.82) is 0 Å². The van der Waals surface area contributed by atoms with E-state index >= 15 is 0 Å². The second-order valence-corrected chi connectivity index (χ2v) is 12.3. The summed E-state index contributed by atoms with van der Waals surface area (Å²) < 4.78 is 5.45. The van der Waals surface area contributed by atoms with E-state index in [0.717, 1.165) is 29.0 Å². The molecule has 5 N–H and O–H groups in total. The molecule has 0 fully saturated rings. The summed E-state index contributed by atoms with van der Waals surface area (Å²) in [5.41, 5.74) is 12.0. The smallest absolute Gasteiger partial charge is 0.246 e. The van der Waals surface area contributed by atoms with E-state index in [1.165, 1.54) is 11.1 Å². The van der Waals surface area contributed by atoms with Crippen LogP contribution in [0.2, 0.25) is 0 Å². The molecule has 8 nitrogen and oxygen atoms in total. The number of hydrogen-bond acceptors (Lipinski definition) is 6. The molecule has 5 aromatic carbocycles. The summed E-state index contributed by atoms with van der Waals surface area (Å²) in [5.74, 6) is 0.0870. The number of nitrogens with two attached hydrogens (primary N) is 1. The molecule has 0 aliphatic heterocycles. The second kappa shape index (κ2) is 18.4. The van der Waals surface area contributed by atoms with Crippen LogP contribution in [0.25, 0.3) is 0 Å². The number of benzene rings is 5. The molecule has 50 heavy (non-hydrogen) atoms. The second-order valence-electron chi connectivity index (χ2n) is 12.3. The van der Waals surface area contributed by atoms with Gasteiger partial charge in [0.2, 0.25) is 11.8 Å². The summed E-state index contributed by atoms with van der Waals surface area (Å²) in [6.07, 6.45) is 2.20. The number of hydrogen-bond donors (Lipinski definition) is 4. The molecule has 258 valence electrons. The van der Waals surface area contributed by atoms with Gasteiger partial charge < -0.3 is 31.1 Å². The molecule has 0 saturated heterocycles. The van der Waals surface area contributed by atoms with Gasteiger partial charge in [0.05, 0.1) is 25.8 Å². The minimum absolute atomic E-state index is 0.0533. The van der Waals surface area contributed by atoms with Crippen LogP contribution in [-0.2, 0) is 22.6 Å². The van der Waals surface area contributed by atoms with Crippen molar-refractivity contribution in [3.05, 3.63) is 162 Å². The number of amides is 2. The number of aliphatic hydroxyl groups is 1. The van der Waals surface area contributed by atoms with Crippen LogP contribution in [-0.4, -0.2) is 42.7 Å². The molecule has 0 spiro atoms. The van der Waals surface area contributed by atoms with Crippen LogP contribution in [0.3, 0.4) is 0 Å².